The normalized spacial score (nSPS) is 31.9. The molecule has 1 aromatic rings. The maximum atomic E-state index is 12.8. The largest absolute Gasteiger partial charge is 0.490 e. The molecule has 136 valence electrons. The molecule has 25 heavy (non-hydrogen) atoms. The van der Waals surface area contributed by atoms with Crippen LogP contribution in [0.2, 0.25) is 0 Å². The van der Waals surface area contributed by atoms with Crippen LogP contribution in [0.1, 0.15) is 55.8 Å². The minimum atomic E-state index is -0.0155. The number of hydrogen-bond donors (Lipinski definition) is 1. The monoisotopic (exact) mass is 343 g/mol. The van der Waals surface area contributed by atoms with E-state index in [4.69, 9.17) is 9.47 Å². The number of fused-ring (bicyclic) bond motifs is 2. The summed E-state index contributed by atoms with van der Waals surface area (Å²) in [5, 5.41) is 3.24. The molecule has 1 N–H and O–H groups in total. The highest BCUT2D eigenvalue weighted by atomic mass is 16.5. The first-order valence-electron chi connectivity index (χ1n) is 9.85. The maximum absolute atomic E-state index is 12.8. The lowest BCUT2D eigenvalue weighted by atomic mass is 9.84. The van der Waals surface area contributed by atoms with E-state index in [1.165, 1.54) is 25.7 Å². The zero-order chi connectivity index (χ0) is 17.2. The Kier molecular flexibility index (Phi) is 4.98. The van der Waals surface area contributed by atoms with Gasteiger partial charge in [0.15, 0.2) is 0 Å². The van der Waals surface area contributed by atoms with Crippen molar-refractivity contribution >= 4 is 5.91 Å². The van der Waals surface area contributed by atoms with E-state index in [1.807, 2.05) is 24.3 Å². The van der Waals surface area contributed by atoms with Gasteiger partial charge in [0.1, 0.15) is 12.4 Å². The highest BCUT2D eigenvalue weighted by Gasteiger charge is 2.42. The molecule has 0 radical (unpaired) electrons. The molecule has 1 aromatic carbocycles. The average molecular weight is 343 g/mol. The topological polar surface area (TPSA) is 47.6 Å². The summed E-state index contributed by atoms with van der Waals surface area (Å²) in [6, 6.07) is 7.78. The molecule has 1 aliphatic heterocycles. The van der Waals surface area contributed by atoms with Crippen molar-refractivity contribution in [1.82, 2.24) is 5.32 Å². The average Bonchev–Trinajstić information content (AvgIpc) is 3.37. The summed E-state index contributed by atoms with van der Waals surface area (Å²) >= 11 is 0. The summed E-state index contributed by atoms with van der Waals surface area (Å²) in [5.41, 5.74) is 0.635. The summed E-state index contributed by atoms with van der Waals surface area (Å²) in [5.74, 6) is 3.00. The molecule has 1 heterocycles. The molecule has 2 aliphatic carbocycles. The zero-order valence-electron chi connectivity index (χ0n) is 15.1. The summed E-state index contributed by atoms with van der Waals surface area (Å²) in [7, 11) is 0. The lowest BCUT2D eigenvalue weighted by molar-refractivity contribution is 0.0669. The van der Waals surface area contributed by atoms with Gasteiger partial charge in [-0.2, -0.15) is 0 Å². The minimum Gasteiger partial charge on any atom is -0.490 e. The van der Waals surface area contributed by atoms with E-state index in [0.29, 0.717) is 23.8 Å². The molecule has 4 heteroatoms. The number of hydrogen-bond acceptors (Lipinski definition) is 3. The van der Waals surface area contributed by atoms with E-state index >= 15 is 0 Å². The number of carbonyl (C=O) groups is 1. The lowest BCUT2D eigenvalue weighted by Gasteiger charge is -2.28. The van der Waals surface area contributed by atoms with E-state index in [0.717, 1.165) is 31.3 Å². The van der Waals surface area contributed by atoms with E-state index < -0.39 is 0 Å². The maximum Gasteiger partial charge on any atom is 0.255 e. The van der Waals surface area contributed by atoms with Crippen molar-refractivity contribution in [2.75, 3.05) is 13.2 Å². The van der Waals surface area contributed by atoms with Crippen molar-refractivity contribution in [3.8, 4) is 5.75 Å². The van der Waals surface area contributed by atoms with Crippen LogP contribution in [0.3, 0.4) is 0 Å². The molecule has 3 fully saturated rings. The van der Waals surface area contributed by atoms with Crippen LogP contribution < -0.4 is 10.1 Å². The molecule has 5 atom stereocenters. The molecule has 0 unspecified atom stereocenters. The summed E-state index contributed by atoms with van der Waals surface area (Å²) < 4.78 is 11.5. The quantitative estimate of drug-likeness (QED) is 0.855. The first-order chi connectivity index (χ1) is 12.2. The number of ether oxygens (including phenoxy) is 2. The Morgan fingerprint density at radius 1 is 1.28 bits per heavy atom. The van der Waals surface area contributed by atoms with Gasteiger partial charge in [-0.3, -0.25) is 4.79 Å². The SMILES string of the molecule is C[C@H](NC(=O)c1ccccc1OC[C@H]1CCCO1)[C@H]1C[C@H]2CC[C@H]1C2. The Morgan fingerprint density at radius 3 is 2.88 bits per heavy atom. The second kappa shape index (κ2) is 7.36. The van der Waals surface area contributed by atoms with E-state index in [9.17, 15) is 4.79 Å². The van der Waals surface area contributed by atoms with Crippen molar-refractivity contribution in [3.05, 3.63) is 29.8 Å². The van der Waals surface area contributed by atoms with Crippen molar-refractivity contribution in [1.29, 1.82) is 0 Å². The molecule has 0 aromatic heterocycles. The molecular formula is C21H29NO3. The predicted octanol–water partition coefficient (Wildman–Crippen LogP) is 3.80. The van der Waals surface area contributed by atoms with Gasteiger partial charge in [0, 0.05) is 12.6 Å². The van der Waals surface area contributed by atoms with E-state index in [-0.39, 0.29) is 18.1 Å². The number of rotatable bonds is 6. The van der Waals surface area contributed by atoms with Crippen LogP contribution in [0.15, 0.2) is 24.3 Å². The van der Waals surface area contributed by atoms with Crippen molar-refractivity contribution in [2.24, 2.45) is 17.8 Å². The van der Waals surface area contributed by atoms with Crippen LogP contribution in [0, 0.1) is 17.8 Å². The lowest BCUT2D eigenvalue weighted by Crippen LogP contribution is -2.40. The van der Waals surface area contributed by atoms with Gasteiger partial charge in [0.05, 0.1) is 11.7 Å². The third kappa shape index (κ3) is 3.69. The molecule has 1 saturated heterocycles. The van der Waals surface area contributed by atoms with Gasteiger partial charge in [0.25, 0.3) is 5.91 Å². The van der Waals surface area contributed by atoms with Gasteiger partial charge < -0.3 is 14.8 Å². The summed E-state index contributed by atoms with van der Waals surface area (Å²) in [6.07, 6.45) is 7.67. The molecule has 4 nitrogen and oxygen atoms in total. The highest BCUT2D eigenvalue weighted by molar-refractivity contribution is 5.97. The molecule has 4 rings (SSSR count). The van der Waals surface area contributed by atoms with Crippen LogP contribution in [-0.4, -0.2) is 31.3 Å². The van der Waals surface area contributed by atoms with Crippen LogP contribution in [0.4, 0.5) is 0 Å². The Bertz CT molecular complexity index is 611. The van der Waals surface area contributed by atoms with Gasteiger partial charge in [-0.15, -0.1) is 0 Å². The Labute approximate surface area is 150 Å². The van der Waals surface area contributed by atoms with Gasteiger partial charge in [-0.25, -0.2) is 0 Å². The van der Waals surface area contributed by atoms with Crippen molar-refractivity contribution < 1.29 is 14.3 Å². The zero-order valence-corrected chi connectivity index (χ0v) is 15.1. The molecular weight excluding hydrogens is 314 g/mol. The number of carbonyl (C=O) groups excluding carboxylic acids is 1. The number of benzene rings is 1. The Balaban J connectivity index is 1.37. The molecule has 2 saturated carbocycles. The Hall–Kier alpha value is -1.55. The Morgan fingerprint density at radius 2 is 2.16 bits per heavy atom. The molecule has 0 spiro atoms. The van der Waals surface area contributed by atoms with E-state index in [2.05, 4.69) is 12.2 Å². The molecule has 2 bridgehead atoms. The summed E-state index contributed by atoms with van der Waals surface area (Å²) in [4.78, 5) is 12.8. The number of para-hydroxylation sites is 1. The van der Waals surface area contributed by atoms with Crippen LogP contribution in [0.25, 0.3) is 0 Å². The van der Waals surface area contributed by atoms with Crippen LogP contribution >= 0.6 is 0 Å². The number of nitrogens with one attached hydrogen (secondary N) is 1. The predicted molar refractivity (Wildman–Crippen MR) is 96.8 cm³/mol. The second-order valence-corrected chi connectivity index (χ2v) is 8.04. The fraction of sp³-hybridized carbons (Fsp3) is 0.667. The fourth-order valence-corrected chi connectivity index (χ4v) is 5.04. The molecule has 1 amide bonds. The van der Waals surface area contributed by atoms with Gasteiger partial charge in [-0.1, -0.05) is 18.6 Å². The van der Waals surface area contributed by atoms with Crippen LogP contribution in [0.5, 0.6) is 5.75 Å². The third-order valence-electron chi connectivity index (χ3n) is 6.37. The third-order valence-corrected chi connectivity index (χ3v) is 6.37. The molecule has 3 aliphatic rings. The highest BCUT2D eigenvalue weighted by Crippen LogP contribution is 2.49. The van der Waals surface area contributed by atoms with Crippen LogP contribution in [-0.2, 0) is 4.74 Å². The van der Waals surface area contributed by atoms with Crippen molar-refractivity contribution in [2.45, 2.75) is 57.6 Å². The summed E-state index contributed by atoms with van der Waals surface area (Å²) in [6.45, 7) is 3.50. The minimum absolute atomic E-state index is 0.0155. The fourth-order valence-electron chi connectivity index (χ4n) is 5.04. The number of amides is 1. The van der Waals surface area contributed by atoms with Gasteiger partial charge >= 0.3 is 0 Å². The first kappa shape index (κ1) is 16.9. The second-order valence-electron chi connectivity index (χ2n) is 8.04. The smallest absolute Gasteiger partial charge is 0.255 e. The van der Waals surface area contributed by atoms with E-state index in [1.54, 1.807) is 0 Å². The first-order valence-corrected chi connectivity index (χ1v) is 9.85. The standard InChI is InChI=1S/C21H29NO3/c1-14(19-12-15-8-9-16(19)11-15)22-21(23)18-6-2-3-7-20(18)25-13-17-5-4-10-24-17/h2-3,6-7,14-17,19H,4-5,8-13H2,1H3,(H,22,23)/t14-,15-,16-,17+,19+/m0/s1. The van der Waals surface area contributed by atoms with Crippen molar-refractivity contribution in [3.63, 3.8) is 0 Å². The van der Waals surface area contributed by atoms with Gasteiger partial charge in [-0.05, 0) is 68.9 Å². The van der Waals surface area contributed by atoms with Gasteiger partial charge in [0.2, 0.25) is 0 Å².